The first-order valence-electron chi connectivity index (χ1n) is 8.19. The summed E-state index contributed by atoms with van der Waals surface area (Å²) < 4.78 is 10.5. The van der Waals surface area contributed by atoms with Crippen LogP contribution in [0, 0.1) is 0 Å². The van der Waals surface area contributed by atoms with Crippen molar-refractivity contribution in [3.63, 3.8) is 0 Å². The zero-order chi connectivity index (χ0) is 15.4. The number of piperazine rings is 1. The standard InChI is InChI=1S/C16H25N3O3/c1-2-21-16(20)15-4-3-14(22-15)12-18-8-5-13(11-18)19-9-6-17-7-10-19/h3-4,13,17H,2,5-12H2,1H3. The van der Waals surface area contributed by atoms with Gasteiger partial charge in [0.15, 0.2) is 0 Å². The van der Waals surface area contributed by atoms with Crippen LogP contribution >= 0.6 is 0 Å². The number of nitrogens with one attached hydrogen (secondary N) is 1. The second-order valence-corrected chi connectivity index (χ2v) is 5.95. The van der Waals surface area contributed by atoms with Crippen molar-refractivity contribution in [2.75, 3.05) is 45.9 Å². The van der Waals surface area contributed by atoms with Crippen LogP contribution < -0.4 is 5.32 Å². The van der Waals surface area contributed by atoms with Crippen molar-refractivity contribution in [1.29, 1.82) is 0 Å². The highest BCUT2D eigenvalue weighted by Crippen LogP contribution is 2.19. The topological polar surface area (TPSA) is 58.0 Å². The first-order chi connectivity index (χ1) is 10.8. The maximum atomic E-state index is 11.6. The molecule has 1 aromatic rings. The molecule has 0 bridgehead atoms. The van der Waals surface area contributed by atoms with Gasteiger partial charge in [0.05, 0.1) is 13.2 Å². The van der Waals surface area contributed by atoms with Crippen LogP contribution in [0.15, 0.2) is 16.5 Å². The number of carbonyl (C=O) groups is 1. The van der Waals surface area contributed by atoms with Crippen molar-refractivity contribution in [2.45, 2.75) is 25.9 Å². The number of esters is 1. The molecule has 1 N–H and O–H groups in total. The summed E-state index contributed by atoms with van der Waals surface area (Å²) >= 11 is 0. The van der Waals surface area contributed by atoms with Gasteiger partial charge in [0, 0.05) is 45.3 Å². The Labute approximate surface area is 131 Å². The van der Waals surface area contributed by atoms with Crippen LogP contribution in [0.2, 0.25) is 0 Å². The summed E-state index contributed by atoms with van der Waals surface area (Å²) in [5, 5.41) is 3.40. The molecule has 0 aliphatic carbocycles. The number of ether oxygens (including phenoxy) is 1. The molecule has 6 heteroatoms. The Hall–Kier alpha value is -1.37. The summed E-state index contributed by atoms with van der Waals surface area (Å²) in [4.78, 5) is 16.6. The molecular weight excluding hydrogens is 282 g/mol. The van der Waals surface area contributed by atoms with Gasteiger partial charge in [0.25, 0.3) is 0 Å². The summed E-state index contributed by atoms with van der Waals surface area (Å²) in [6.07, 6.45) is 1.21. The molecular formula is C16H25N3O3. The Bertz CT molecular complexity index is 497. The smallest absolute Gasteiger partial charge is 0.374 e. The molecule has 2 fully saturated rings. The lowest BCUT2D eigenvalue weighted by Gasteiger charge is -2.32. The van der Waals surface area contributed by atoms with Crippen molar-refractivity contribution >= 4 is 5.97 Å². The first-order valence-corrected chi connectivity index (χ1v) is 8.19. The molecule has 0 aromatic carbocycles. The van der Waals surface area contributed by atoms with Gasteiger partial charge < -0.3 is 14.5 Å². The normalized spacial score (nSPS) is 23.8. The molecule has 2 saturated heterocycles. The van der Waals surface area contributed by atoms with Crippen molar-refractivity contribution in [2.24, 2.45) is 0 Å². The average Bonchev–Trinajstić information content (AvgIpc) is 3.18. The van der Waals surface area contributed by atoms with Crippen LogP contribution in [-0.2, 0) is 11.3 Å². The Morgan fingerprint density at radius 3 is 2.95 bits per heavy atom. The first kappa shape index (κ1) is 15.5. The van der Waals surface area contributed by atoms with E-state index in [1.54, 1.807) is 13.0 Å². The molecule has 3 rings (SSSR count). The number of carbonyl (C=O) groups excluding carboxylic acids is 1. The largest absolute Gasteiger partial charge is 0.460 e. The van der Waals surface area contributed by atoms with Crippen molar-refractivity contribution in [3.8, 4) is 0 Å². The maximum absolute atomic E-state index is 11.6. The molecule has 2 aliphatic heterocycles. The fourth-order valence-corrected chi connectivity index (χ4v) is 3.30. The monoisotopic (exact) mass is 307 g/mol. The number of likely N-dealkylation sites (tertiary alicyclic amines) is 1. The molecule has 3 heterocycles. The Morgan fingerprint density at radius 2 is 2.18 bits per heavy atom. The number of hydrogen-bond acceptors (Lipinski definition) is 6. The summed E-state index contributed by atoms with van der Waals surface area (Å²) in [6.45, 7) is 9.57. The number of hydrogen-bond donors (Lipinski definition) is 1. The minimum atomic E-state index is -0.381. The van der Waals surface area contributed by atoms with E-state index in [9.17, 15) is 4.79 Å². The minimum absolute atomic E-state index is 0.301. The van der Waals surface area contributed by atoms with Gasteiger partial charge in [0.1, 0.15) is 5.76 Å². The fourth-order valence-electron chi connectivity index (χ4n) is 3.30. The quantitative estimate of drug-likeness (QED) is 0.817. The molecule has 6 nitrogen and oxygen atoms in total. The SMILES string of the molecule is CCOC(=O)c1ccc(CN2CCC(N3CCNCC3)C2)o1. The van der Waals surface area contributed by atoms with Gasteiger partial charge in [-0.05, 0) is 25.5 Å². The number of nitrogens with zero attached hydrogens (tertiary/aromatic N) is 2. The van der Waals surface area contributed by atoms with Gasteiger partial charge in [0.2, 0.25) is 5.76 Å². The molecule has 1 atom stereocenters. The van der Waals surface area contributed by atoms with Gasteiger partial charge >= 0.3 is 5.97 Å². The van der Waals surface area contributed by atoms with E-state index >= 15 is 0 Å². The lowest BCUT2D eigenvalue weighted by atomic mass is 10.2. The third kappa shape index (κ3) is 3.69. The molecule has 0 radical (unpaired) electrons. The van der Waals surface area contributed by atoms with E-state index < -0.39 is 0 Å². The van der Waals surface area contributed by atoms with Gasteiger partial charge in [-0.25, -0.2) is 4.79 Å². The lowest BCUT2D eigenvalue weighted by molar-refractivity contribution is 0.0486. The predicted molar refractivity (Wildman–Crippen MR) is 82.8 cm³/mol. The highest BCUT2D eigenvalue weighted by Gasteiger charge is 2.28. The second kappa shape index (κ2) is 7.26. The van der Waals surface area contributed by atoms with Gasteiger partial charge in [-0.15, -0.1) is 0 Å². The van der Waals surface area contributed by atoms with E-state index in [2.05, 4.69) is 15.1 Å². The van der Waals surface area contributed by atoms with Crippen LogP contribution in [-0.4, -0.2) is 67.7 Å². The number of furan rings is 1. The molecule has 22 heavy (non-hydrogen) atoms. The summed E-state index contributed by atoms with van der Waals surface area (Å²) in [5.41, 5.74) is 0. The number of rotatable bonds is 5. The zero-order valence-corrected chi connectivity index (χ0v) is 13.2. The average molecular weight is 307 g/mol. The molecule has 1 unspecified atom stereocenters. The highest BCUT2D eigenvalue weighted by molar-refractivity contribution is 5.86. The third-order valence-corrected chi connectivity index (χ3v) is 4.43. The predicted octanol–water partition coefficient (Wildman–Crippen LogP) is 0.936. The minimum Gasteiger partial charge on any atom is -0.460 e. The zero-order valence-electron chi connectivity index (χ0n) is 13.2. The van der Waals surface area contributed by atoms with E-state index in [0.717, 1.165) is 51.6 Å². The Kier molecular flexibility index (Phi) is 5.12. The van der Waals surface area contributed by atoms with Crippen LogP contribution in [0.4, 0.5) is 0 Å². The van der Waals surface area contributed by atoms with E-state index in [0.29, 0.717) is 18.4 Å². The summed E-state index contributed by atoms with van der Waals surface area (Å²) in [7, 11) is 0. The molecule has 0 spiro atoms. The van der Waals surface area contributed by atoms with Crippen LogP contribution in [0.5, 0.6) is 0 Å². The van der Waals surface area contributed by atoms with Crippen LogP contribution in [0.3, 0.4) is 0 Å². The fraction of sp³-hybridized carbons (Fsp3) is 0.688. The van der Waals surface area contributed by atoms with Crippen molar-refractivity contribution < 1.29 is 13.9 Å². The molecule has 0 saturated carbocycles. The van der Waals surface area contributed by atoms with Crippen molar-refractivity contribution in [1.82, 2.24) is 15.1 Å². The van der Waals surface area contributed by atoms with Gasteiger partial charge in [-0.2, -0.15) is 0 Å². The summed E-state index contributed by atoms with van der Waals surface area (Å²) in [6, 6.07) is 4.24. The Morgan fingerprint density at radius 1 is 1.36 bits per heavy atom. The van der Waals surface area contributed by atoms with Gasteiger partial charge in [-0.3, -0.25) is 9.80 Å². The molecule has 122 valence electrons. The highest BCUT2D eigenvalue weighted by atomic mass is 16.5. The van der Waals surface area contributed by atoms with E-state index in [1.165, 1.54) is 6.42 Å². The van der Waals surface area contributed by atoms with Crippen LogP contribution in [0.25, 0.3) is 0 Å². The van der Waals surface area contributed by atoms with E-state index in [1.807, 2.05) is 6.07 Å². The molecule has 1 aromatic heterocycles. The molecule has 2 aliphatic rings. The molecule has 0 amide bonds. The van der Waals surface area contributed by atoms with E-state index in [4.69, 9.17) is 9.15 Å². The Balaban J connectivity index is 1.50. The second-order valence-electron chi connectivity index (χ2n) is 5.95. The van der Waals surface area contributed by atoms with Crippen LogP contribution in [0.1, 0.15) is 29.7 Å². The van der Waals surface area contributed by atoms with Gasteiger partial charge in [-0.1, -0.05) is 0 Å². The lowest BCUT2D eigenvalue weighted by Crippen LogP contribution is -2.49. The third-order valence-electron chi connectivity index (χ3n) is 4.43. The summed E-state index contributed by atoms with van der Waals surface area (Å²) in [5.74, 6) is 0.757. The van der Waals surface area contributed by atoms with E-state index in [-0.39, 0.29) is 5.97 Å². The maximum Gasteiger partial charge on any atom is 0.374 e. The van der Waals surface area contributed by atoms with Crippen molar-refractivity contribution in [3.05, 3.63) is 23.7 Å².